The Morgan fingerprint density at radius 2 is 1.97 bits per heavy atom. The van der Waals surface area contributed by atoms with Gasteiger partial charge < -0.3 is 14.6 Å². The molecule has 0 saturated carbocycles. The zero-order valence-corrected chi connectivity index (χ0v) is 18.5. The molecule has 1 aromatic carbocycles. The van der Waals surface area contributed by atoms with Crippen LogP contribution in [0.25, 0.3) is 11.1 Å². The van der Waals surface area contributed by atoms with Crippen molar-refractivity contribution < 1.29 is 19.4 Å². The minimum atomic E-state index is -1.12. The van der Waals surface area contributed by atoms with E-state index in [0.717, 1.165) is 6.42 Å². The predicted molar refractivity (Wildman–Crippen MR) is 118 cm³/mol. The molecule has 1 unspecified atom stereocenters. The van der Waals surface area contributed by atoms with Crippen molar-refractivity contribution in [3.05, 3.63) is 57.3 Å². The van der Waals surface area contributed by atoms with Crippen molar-refractivity contribution in [2.75, 3.05) is 0 Å². The van der Waals surface area contributed by atoms with E-state index in [1.54, 1.807) is 44.2 Å². The van der Waals surface area contributed by atoms with Gasteiger partial charge >= 0.3 is 11.7 Å². The molecule has 0 saturated heterocycles. The number of diazo groups is 1. The summed E-state index contributed by atoms with van der Waals surface area (Å²) in [5.41, 5.74) is -0.0556. The molecular formula is C24H22N5O4+. The first-order valence-corrected chi connectivity index (χ1v) is 10.2. The van der Waals surface area contributed by atoms with Crippen LogP contribution < -0.4 is 4.74 Å². The second-order valence-electron chi connectivity index (χ2n) is 7.69. The summed E-state index contributed by atoms with van der Waals surface area (Å²) in [4.78, 5) is 14.7. The van der Waals surface area contributed by atoms with Crippen LogP contribution in [0.5, 0.6) is 5.75 Å². The number of hydrogen-bond donors (Lipinski definition) is 1. The maximum absolute atomic E-state index is 11.5. The number of carboxylic acids is 1. The minimum Gasteiger partial charge on any atom is -0.480 e. The number of nitriles is 3. The zero-order chi connectivity index (χ0) is 24.6. The summed E-state index contributed by atoms with van der Waals surface area (Å²) in [6.07, 6.45) is 3.94. The first kappa shape index (κ1) is 24.7. The Balaban J connectivity index is 2.48. The number of aliphatic carboxylic acids is 1. The number of ether oxygens (including phenoxy) is 2. The molecule has 1 aromatic rings. The van der Waals surface area contributed by atoms with Crippen molar-refractivity contribution in [2.24, 2.45) is 0 Å². The van der Waals surface area contributed by atoms with Crippen molar-refractivity contribution in [1.29, 1.82) is 21.2 Å². The van der Waals surface area contributed by atoms with Crippen LogP contribution in [0.4, 0.5) is 5.69 Å². The highest BCUT2D eigenvalue weighted by atomic mass is 16.5. The minimum absolute atomic E-state index is 0.0641. The lowest BCUT2D eigenvalue weighted by Gasteiger charge is -2.20. The summed E-state index contributed by atoms with van der Waals surface area (Å²) in [6.45, 7) is 5.35. The van der Waals surface area contributed by atoms with Gasteiger partial charge in [-0.1, -0.05) is 25.5 Å². The van der Waals surface area contributed by atoms with Gasteiger partial charge in [-0.2, -0.15) is 15.8 Å². The molecule has 0 radical (unpaired) electrons. The van der Waals surface area contributed by atoms with Crippen molar-refractivity contribution in [3.63, 3.8) is 0 Å². The third-order valence-electron chi connectivity index (χ3n) is 4.96. The second-order valence-corrected chi connectivity index (χ2v) is 7.69. The molecule has 9 nitrogen and oxygen atoms in total. The van der Waals surface area contributed by atoms with Gasteiger partial charge in [0.25, 0.3) is 0 Å². The Morgan fingerprint density at radius 3 is 2.52 bits per heavy atom. The summed E-state index contributed by atoms with van der Waals surface area (Å²) in [7, 11) is 0. The number of allylic oxidation sites excluding steroid dienone is 2. The quantitative estimate of drug-likeness (QED) is 0.427. The predicted octanol–water partition coefficient (Wildman–Crippen LogP) is 5.14. The van der Waals surface area contributed by atoms with Gasteiger partial charge in [0.2, 0.25) is 11.1 Å². The van der Waals surface area contributed by atoms with Crippen LogP contribution in [0.2, 0.25) is 0 Å². The Morgan fingerprint density at radius 1 is 1.27 bits per heavy atom. The number of hydrogen-bond acceptors (Lipinski definition) is 7. The zero-order valence-electron chi connectivity index (χ0n) is 18.5. The first-order chi connectivity index (χ1) is 15.7. The molecule has 1 aliphatic heterocycles. The van der Waals surface area contributed by atoms with Gasteiger partial charge in [0.05, 0.1) is 0 Å². The molecule has 1 atom stereocenters. The van der Waals surface area contributed by atoms with Crippen LogP contribution in [-0.4, -0.2) is 22.8 Å². The first-order valence-electron chi connectivity index (χ1n) is 10.2. The third kappa shape index (κ3) is 5.56. The van der Waals surface area contributed by atoms with E-state index in [0.29, 0.717) is 24.0 Å². The molecule has 33 heavy (non-hydrogen) atoms. The number of nitrogens with zero attached hydrogens (tertiary/aromatic N) is 5. The van der Waals surface area contributed by atoms with E-state index in [-0.39, 0.29) is 28.3 Å². The number of benzene rings is 1. The molecule has 1 heterocycles. The van der Waals surface area contributed by atoms with Crippen LogP contribution in [0.15, 0.2) is 46.8 Å². The molecule has 1 aliphatic rings. The van der Waals surface area contributed by atoms with E-state index in [1.807, 2.05) is 13.0 Å². The van der Waals surface area contributed by atoms with Gasteiger partial charge in [-0.3, -0.25) is 0 Å². The summed E-state index contributed by atoms with van der Waals surface area (Å²) < 4.78 is 11.3. The molecule has 166 valence electrons. The number of carbonyl (C=O) groups is 1. The highest BCUT2D eigenvalue weighted by Crippen LogP contribution is 2.40. The standard InChI is InChI=1S/C24H21N5O4/c1-4-5-6-20(23(30)31)32-21-11-15(8-10-19(21)29-28)7-9-18-17(14-27)22(16(12-25)13-26)33-24(18,2)3/h7-11,20H,4-6H2,1-3H3/p+1. The molecule has 9 heteroatoms. The fourth-order valence-corrected chi connectivity index (χ4v) is 3.25. The summed E-state index contributed by atoms with van der Waals surface area (Å²) >= 11 is 0. The van der Waals surface area contributed by atoms with Crippen molar-refractivity contribution in [1.82, 2.24) is 0 Å². The fraction of sp³-hybridized carbons (Fsp3) is 0.333. The second kappa shape index (κ2) is 10.6. The van der Waals surface area contributed by atoms with Crippen molar-refractivity contribution >= 4 is 17.7 Å². The Labute approximate surface area is 191 Å². The largest absolute Gasteiger partial charge is 0.480 e. The van der Waals surface area contributed by atoms with E-state index in [1.165, 1.54) is 12.1 Å². The molecule has 2 rings (SSSR count). The van der Waals surface area contributed by atoms with Gasteiger partial charge in [-0.25, -0.2) is 4.79 Å². The van der Waals surface area contributed by atoms with Gasteiger partial charge in [0, 0.05) is 11.6 Å². The number of rotatable bonds is 8. The van der Waals surface area contributed by atoms with Gasteiger partial charge in [0.15, 0.2) is 22.4 Å². The van der Waals surface area contributed by atoms with Crippen molar-refractivity contribution in [3.8, 4) is 24.0 Å². The molecule has 0 spiro atoms. The monoisotopic (exact) mass is 444 g/mol. The van der Waals surface area contributed by atoms with Crippen LogP contribution in [0, 0.1) is 39.4 Å². The summed E-state index contributed by atoms with van der Waals surface area (Å²) in [6, 6.07) is 10.1. The molecule has 0 aromatic heterocycles. The third-order valence-corrected chi connectivity index (χ3v) is 4.96. The SMILES string of the molecule is CCCCC(Oc1cc(C=CC2=C(C#N)C(=C(C#N)C#N)OC2(C)C)ccc1[N+]#N)C(=O)O. The lowest BCUT2D eigenvalue weighted by Crippen LogP contribution is -2.26. The normalized spacial score (nSPS) is 15.1. The number of carboxylic acid groups (broad SMARTS) is 1. The smallest absolute Gasteiger partial charge is 0.426 e. The van der Waals surface area contributed by atoms with E-state index >= 15 is 0 Å². The summed E-state index contributed by atoms with van der Waals surface area (Å²) in [5, 5.41) is 46.6. The van der Waals surface area contributed by atoms with Gasteiger partial charge in [-0.05, 0) is 44.4 Å². The molecule has 1 N–H and O–H groups in total. The van der Waals surface area contributed by atoms with Crippen LogP contribution in [-0.2, 0) is 9.53 Å². The number of unbranched alkanes of at least 4 members (excludes halogenated alkanes) is 1. The van der Waals surface area contributed by atoms with Crippen LogP contribution >= 0.6 is 0 Å². The average Bonchev–Trinajstić information content (AvgIpc) is 3.05. The molecule has 0 fully saturated rings. The lowest BCUT2D eigenvalue weighted by molar-refractivity contribution is -0.145. The van der Waals surface area contributed by atoms with Gasteiger partial charge in [-0.15, -0.1) is 0 Å². The Hall–Kier alpha value is -4.60. The van der Waals surface area contributed by atoms with E-state index < -0.39 is 17.7 Å². The molecule has 0 bridgehead atoms. The van der Waals surface area contributed by atoms with E-state index in [4.69, 9.17) is 20.0 Å². The maximum Gasteiger partial charge on any atom is 0.426 e. The fourth-order valence-electron chi connectivity index (χ4n) is 3.25. The maximum atomic E-state index is 11.5. The van der Waals surface area contributed by atoms with Gasteiger partial charge in [0.1, 0.15) is 29.4 Å². The Bertz CT molecular complexity index is 1200. The molecule has 0 aliphatic carbocycles. The molecular weight excluding hydrogens is 422 g/mol. The lowest BCUT2D eigenvalue weighted by atomic mass is 9.94. The Kier molecular flexibility index (Phi) is 7.94. The highest BCUT2D eigenvalue weighted by Gasteiger charge is 2.38. The average molecular weight is 444 g/mol. The summed E-state index contributed by atoms with van der Waals surface area (Å²) in [5.74, 6) is -1.09. The van der Waals surface area contributed by atoms with E-state index in [9.17, 15) is 20.6 Å². The van der Waals surface area contributed by atoms with Crippen LogP contribution in [0.3, 0.4) is 0 Å². The highest BCUT2D eigenvalue weighted by molar-refractivity contribution is 5.74. The van der Waals surface area contributed by atoms with Crippen LogP contribution in [0.1, 0.15) is 45.6 Å². The van der Waals surface area contributed by atoms with E-state index in [2.05, 4.69) is 4.98 Å². The topological polar surface area (TPSA) is 155 Å². The molecule has 0 amide bonds. The van der Waals surface area contributed by atoms with Crippen molar-refractivity contribution in [2.45, 2.75) is 51.7 Å².